The molecule has 0 spiro atoms. The van der Waals surface area contributed by atoms with Gasteiger partial charge in [-0.15, -0.1) is 0 Å². The molecule has 4 rings (SSSR count). The fourth-order valence-corrected chi connectivity index (χ4v) is 6.01. The van der Waals surface area contributed by atoms with E-state index in [1.807, 2.05) is 30.3 Å². The van der Waals surface area contributed by atoms with Crippen molar-refractivity contribution in [2.45, 2.75) is 23.7 Å². The Morgan fingerprint density at radius 1 is 1.16 bits per heavy atom. The van der Waals surface area contributed by atoms with E-state index in [-0.39, 0.29) is 16.2 Å². The summed E-state index contributed by atoms with van der Waals surface area (Å²) in [6.45, 7) is 1.54. The highest BCUT2D eigenvalue weighted by Crippen LogP contribution is 2.43. The zero-order valence-corrected chi connectivity index (χ0v) is 19.5. The molecule has 0 saturated carbocycles. The summed E-state index contributed by atoms with van der Waals surface area (Å²) >= 11 is 2.91. The highest BCUT2D eigenvalue weighted by molar-refractivity contribution is 8.10. The first kappa shape index (κ1) is 22.5. The molecule has 0 aliphatic carbocycles. The van der Waals surface area contributed by atoms with Gasteiger partial charge in [0.25, 0.3) is 0 Å². The number of benzene rings is 2. The van der Waals surface area contributed by atoms with E-state index >= 15 is 0 Å². The van der Waals surface area contributed by atoms with Gasteiger partial charge in [0.15, 0.2) is 11.3 Å². The molecule has 0 aromatic heterocycles. The van der Waals surface area contributed by atoms with Gasteiger partial charge in [0.05, 0.1) is 20.5 Å². The summed E-state index contributed by atoms with van der Waals surface area (Å²) in [4.78, 5) is 18.4. The number of nitrogens with two attached hydrogens (primary N) is 2. The van der Waals surface area contributed by atoms with Gasteiger partial charge >= 0.3 is 0 Å². The molecule has 2 aliphatic heterocycles. The second-order valence-corrected chi connectivity index (χ2v) is 10.9. The van der Waals surface area contributed by atoms with Crippen LogP contribution in [0.3, 0.4) is 0 Å². The van der Waals surface area contributed by atoms with E-state index in [0.717, 1.165) is 20.4 Å². The molecule has 8 nitrogen and oxygen atoms in total. The van der Waals surface area contributed by atoms with Crippen LogP contribution in [0.1, 0.15) is 12.5 Å². The molecule has 2 heterocycles. The van der Waals surface area contributed by atoms with Crippen molar-refractivity contribution >= 4 is 50.9 Å². The predicted octanol–water partition coefficient (Wildman–Crippen LogP) is 2.68. The number of aliphatic imine (C=N–C) groups is 1. The molecule has 6 N–H and O–H groups in total. The third kappa shape index (κ3) is 5.01. The van der Waals surface area contributed by atoms with E-state index < -0.39 is 10.0 Å². The maximum atomic E-state index is 12.2. The molecule has 1 atom stereocenters. The number of thioether (sulfide) groups is 2. The number of primary sulfonamides is 1. The number of sulfonamides is 1. The molecule has 32 heavy (non-hydrogen) atoms. The standard InChI is InChI=1S/C21H21N5O3S3/c1-12(27)17-16(11-13-5-3-2-4-6-13)30-20(25-17)18-19(22)26-21(31-18)24-14-7-9-15(10-8-14)32(23,28)29/h2-10,21,24-25H,11H2,1H3,(H2,22,26)(H2,23,28,29)/b20-18+. The summed E-state index contributed by atoms with van der Waals surface area (Å²) in [5.41, 5.74) is 8.16. The number of nitrogens with one attached hydrogen (secondary N) is 2. The zero-order valence-electron chi connectivity index (χ0n) is 17.0. The summed E-state index contributed by atoms with van der Waals surface area (Å²) in [6, 6.07) is 16.0. The number of carbonyl (C=O) groups is 1. The lowest BCUT2D eigenvalue weighted by Gasteiger charge is -2.11. The minimum Gasteiger partial charge on any atom is -0.383 e. The van der Waals surface area contributed by atoms with Crippen LogP contribution in [-0.2, 0) is 21.2 Å². The number of carbonyl (C=O) groups excluding carboxylic acids is 1. The van der Waals surface area contributed by atoms with Crippen molar-refractivity contribution < 1.29 is 13.2 Å². The van der Waals surface area contributed by atoms with E-state index in [1.54, 1.807) is 12.1 Å². The molecular formula is C21H21N5O3S3. The van der Waals surface area contributed by atoms with Crippen LogP contribution in [0.15, 0.2) is 85.0 Å². The molecule has 0 bridgehead atoms. The second kappa shape index (κ2) is 9.02. The van der Waals surface area contributed by atoms with Gasteiger partial charge in [-0.1, -0.05) is 53.9 Å². The molecule has 0 saturated heterocycles. The molecule has 2 aromatic carbocycles. The molecule has 0 radical (unpaired) electrons. The number of hydrogen-bond acceptors (Lipinski definition) is 9. The molecule has 2 aliphatic rings. The lowest BCUT2D eigenvalue weighted by atomic mass is 10.1. The Kier molecular flexibility index (Phi) is 6.33. The lowest BCUT2D eigenvalue weighted by molar-refractivity contribution is -0.113. The van der Waals surface area contributed by atoms with Gasteiger partial charge in [-0.3, -0.25) is 4.79 Å². The quantitative estimate of drug-likeness (QED) is 0.488. The van der Waals surface area contributed by atoms with Crippen molar-refractivity contribution in [2.24, 2.45) is 15.9 Å². The first-order valence-corrected chi connectivity index (χ1v) is 12.8. The molecular weight excluding hydrogens is 466 g/mol. The summed E-state index contributed by atoms with van der Waals surface area (Å²) in [6.07, 6.45) is 0.643. The van der Waals surface area contributed by atoms with Crippen LogP contribution in [0.4, 0.5) is 5.69 Å². The zero-order chi connectivity index (χ0) is 22.9. The van der Waals surface area contributed by atoms with Gasteiger partial charge in [-0.05, 0) is 29.8 Å². The third-order valence-corrected chi connectivity index (χ3v) is 7.96. The maximum Gasteiger partial charge on any atom is 0.238 e. The van der Waals surface area contributed by atoms with E-state index in [0.29, 0.717) is 23.6 Å². The maximum absolute atomic E-state index is 12.2. The smallest absolute Gasteiger partial charge is 0.238 e. The van der Waals surface area contributed by atoms with Crippen molar-refractivity contribution in [1.82, 2.24) is 5.32 Å². The second-order valence-electron chi connectivity index (χ2n) is 7.10. The number of Topliss-reactive ketones (excluding diaryl/α,β-unsaturated/α-hetero) is 1. The molecule has 2 aromatic rings. The van der Waals surface area contributed by atoms with Crippen molar-refractivity contribution in [3.05, 3.63) is 80.7 Å². The molecule has 0 amide bonds. The van der Waals surface area contributed by atoms with Crippen LogP contribution in [0.5, 0.6) is 0 Å². The van der Waals surface area contributed by atoms with Gasteiger partial charge in [0.1, 0.15) is 5.84 Å². The molecule has 11 heteroatoms. The van der Waals surface area contributed by atoms with Gasteiger partial charge in [0.2, 0.25) is 10.0 Å². The lowest BCUT2D eigenvalue weighted by Crippen LogP contribution is -2.17. The number of rotatable bonds is 6. The van der Waals surface area contributed by atoms with E-state index in [4.69, 9.17) is 10.9 Å². The summed E-state index contributed by atoms with van der Waals surface area (Å²) in [7, 11) is -3.75. The van der Waals surface area contributed by atoms with E-state index in [1.165, 1.54) is 42.6 Å². The van der Waals surface area contributed by atoms with Gasteiger partial charge in [-0.2, -0.15) is 0 Å². The SMILES string of the molecule is CC(=O)C1=C(Cc2ccccc2)S/C(=C2/SC(Nc3ccc(S(N)(=O)=O)cc3)N=C2N)N1. The Balaban J connectivity index is 1.49. The minimum absolute atomic E-state index is 0.0354. The van der Waals surface area contributed by atoms with Crippen LogP contribution in [-0.4, -0.2) is 25.5 Å². The topological polar surface area (TPSA) is 140 Å². The Morgan fingerprint density at radius 3 is 2.47 bits per heavy atom. The summed E-state index contributed by atoms with van der Waals surface area (Å²) in [5.74, 6) is 0.328. The Morgan fingerprint density at radius 2 is 1.84 bits per heavy atom. The van der Waals surface area contributed by atoms with Crippen LogP contribution in [0.2, 0.25) is 0 Å². The largest absolute Gasteiger partial charge is 0.383 e. The number of ketones is 1. The van der Waals surface area contributed by atoms with Crippen molar-refractivity contribution in [2.75, 3.05) is 5.32 Å². The van der Waals surface area contributed by atoms with Crippen molar-refractivity contribution in [3.8, 4) is 0 Å². The monoisotopic (exact) mass is 487 g/mol. The van der Waals surface area contributed by atoms with Crippen molar-refractivity contribution in [3.63, 3.8) is 0 Å². The normalized spacial score (nSPS) is 20.8. The number of hydrogen-bond donors (Lipinski definition) is 4. The number of anilines is 1. The number of allylic oxidation sites excluding steroid dienone is 2. The molecule has 166 valence electrons. The Hall–Kier alpha value is -2.73. The molecule has 1 unspecified atom stereocenters. The Labute approximate surface area is 194 Å². The highest BCUT2D eigenvalue weighted by atomic mass is 32.2. The van der Waals surface area contributed by atoms with Crippen LogP contribution >= 0.6 is 23.5 Å². The highest BCUT2D eigenvalue weighted by Gasteiger charge is 2.31. The summed E-state index contributed by atoms with van der Waals surface area (Å²) in [5, 5.41) is 12.3. The average molecular weight is 488 g/mol. The average Bonchev–Trinajstić information content (AvgIpc) is 3.31. The molecule has 0 fully saturated rings. The number of nitrogens with zero attached hydrogens (tertiary/aromatic N) is 1. The Bertz CT molecular complexity index is 1250. The number of amidine groups is 1. The predicted molar refractivity (Wildman–Crippen MR) is 130 cm³/mol. The van der Waals surface area contributed by atoms with Crippen molar-refractivity contribution in [1.29, 1.82) is 0 Å². The van der Waals surface area contributed by atoms with Gasteiger partial charge < -0.3 is 16.4 Å². The minimum atomic E-state index is -3.75. The first-order valence-electron chi connectivity index (χ1n) is 9.57. The first-order chi connectivity index (χ1) is 15.2. The van der Waals surface area contributed by atoms with Crippen LogP contribution < -0.4 is 21.5 Å². The fourth-order valence-electron chi connectivity index (χ4n) is 3.17. The fraction of sp³-hybridized carbons (Fsp3) is 0.143. The third-order valence-electron chi connectivity index (χ3n) is 4.70. The van der Waals surface area contributed by atoms with E-state index in [9.17, 15) is 13.2 Å². The summed E-state index contributed by atoms with van der Waals surface area (Å²) < 4.78 is 22.8. The van der Waals surface area contributed by atoms with Gasteiger partial charge in [0, 0.05) is 23.9 Å². The van der Waals surface area contributed by atoms with Crippen LogP contribution in [0, 0.1) is 0 Å². The van der Waals surface area contributed by atoms with Crippen LogP contribution in [0.25, 0.3) is 0 Å². The van der Waals surface area contributed by atoms with E-state index in [2.05, 4.69) is 15.6 Å². The van der Waals surface area contributed by atoms with Gasteiger partial charge in [-0.25, -0.2) is 18.5 Å².